The largest absolute Gasteiger partial charge is 0.462 e. The van der Waals surface area contributed by atoms with Crippen molar-refractivity contribution in [3.05, 3.63) is 36.5 Å². The van der Waals surface area contributed by atoms with E-state index in [9.17, 15) is 15.0 Å². The summed E-state index contributed by atoms with van der Waals surface area (Å²) in [6, 6.07) is 0. The summed E-state index contributed by atoms with van der Waals surface area (Å²) in [5.74, 6) is 0.311. The van der Waals surface area contributed by atoms with Crippen LogP contribution in [0.4, 0.5) is 0 Å². The van der Waals surface area contributed by atoms with Gasteiger partial charge in [-0.25, -0.2) is 0 Å². The standard InChI is InChI=1S/C22H34O4/c1-2-3-4-5-6-8-11-17(23)14-15-20(24)18-16-19(18)21-12-9-7-10-13-22(25)26-21/h3-4,6,8,14-15,17-21,23-24H,2,5,7,9-13,16H2,1H3. The van der Waals surface area contributed by atoms with Gasteiger partial charge in [0.15, 0.2) is 0 Å². The lowest BCUT2D eigenvalue weighted by Crippen LogP contribution is -2.24. The smallest absolute Gasteiger partial charge is 0.306 e. The number of carbonyl (C=O) groups excluding carboxylic acids is 1. The monoisotopic (exact) mass is 362 g/mol. The fourth-order valence-corrected chi connectivity index (χ4v) is 3.57. The van der Waals surface area contributed by atoms with Gasteiger partial charge in [0.1, 0.15) is 6.10 Å². The van der Waals surface area contributed by atoms with Gasteiger partial charge in [-0.1, -0.05) is 49.8 Å². The van der Waals surface area contributed by atoms with Crippen molar-refractivity contribution in [2.75, 3.05) is 0 Å². The summed E-state index contributed by atoms with van der Waals surface area (Å²) in [6.07, 6.45) is 18.3. The number of hydrogen-bond donors (Lipinski definition) is 2. The van der Waals surface area contributed by atoms with E-state index in [1.165, 1.54) is 0 Å². The Morgan fingerprint density at radius 3 is 2.73 bits per heavy atom. The van der Waals surface area contributed by atoms with Crippen LogP contribution in [0.2, 0.25) is 0 Å². The molecule has 1 heterocycles. The van der Waals surface area contributed by atoms with Crippen LogP contribution in [0.15, 0.2) is 36.5 Å². The topological polar surface area (TPSA) is 66.8 Å². The van der Waals surface area contributed by atoms with E-state index in [0.29, 0.717) is 12.8 Å². The van der Waals surface area contributed by atoms with Crippen LogP contribution in [-0.4, -0.2) is 34.5 Å². The lowest BCUT2D eigenvalue weighted by molar-refractivity contribution is -0.152. The number of rotatable bonds is 9. The predicted octanol–water partition coefficient (Wildman–Crippen LogP) is 4.08. The van der Waals surface area contributed by atoms with Gasteiger partial charge in [-0.3, -0.25) is 4.79 Å². The van der Waals surface area contributed by atoms with Gasteiger partial charge in [0.05, 0.1) is 12.2 Å². The average molecular weight is 363 g/mol. The number of hydrogen-bond acceptors (Lipinski definition) is 4. The lowest BCUT2D eigenvalue weighted by atomic mass is 10.0. The van der Waals surface area contributed by atoms with Crippen molar-refractivity contribution in [2.45, 2.75) is 83.0 Å². The van der Waals surface area contributed by atoms with Gasteiger partial charge in [-0.05, 0) is 50.9 Å². The van der Waals surface area contributed by atoms with Crippen molar-refractivity contribution >= 4 is 5.97 Å². The molecule has 26 heavy (non-hydrogen) atoms. The highest BCUT2D eigenvalue weighted by atomic mass is 16.5. The Hall–Kier alpha value is -1.39. The molecule has 5 atom stereocenters. The molecule has 0 aromatic carbocycles. The normalized spacial score (nSPS) is 29.7. The van der Waals surface area contributed by atoms with Crippen LogP contribution in [0.25, 0.3) is 0 Å². The molecule has 2 fully saturated rings. The number of allylic oxidation sites excluding steroid dienone is 3. The molecule has 4 heteroatoms. The molecule has 5 unspecified atom stereocenters. The van der Waals surface area contributed by atoms with E-state index >= 15 is 0 Å². The first-order valence-corrected chi connectivity index (χ1v) is 10.2. The minimum atomic E-state index is -0.576. The van der Waals surface area contributed by atoms with Crippen LogP contribution < -0.4 is 0 Å². The number of ether oxygens (including phenoxy) is 1. The van der Waals surface area contributed by atoms with Crippen molar-refractivity contribution in [1.29, 1.82) is 0 Å². The zero-order valence-corrected chi connectivity index (χ0v) is 15.9. The van der Waals surface area contributed by atoms with E-state index in [1.54, 1.807) is 12.2 Å². The molecular weight excluding hydrogens is 328 g/mol. The maximum absolute atomic E-state index is 11.7. The number of carbonyl (C=O) groups is 1. The highest BCUT2D eigenvalue weighted by Crippen LogP contribution is 2.47. The van der Waals surface area contributed by atoms with Gasteiger partial charge in [0.25, 0.3) is 0 Å². The van der Waals surface area contributed by atoms with Crippen molar-refractivity contribution in [2.24, 2.45) is 11.8 Å². The van der Waals surface area contributed by atoms with Gasteiger partial charge >= 0.3 is 5.97 Å². The Morgan fingerprint density at radius 2 is 1.92 bits per heavy atom. The molecule has 1 aliphatic carbocycles. The van der Waals surface area contributed by atoms with Crippen LogP contribution >= 0.6 is 0 Å². The van der Waals surface area contributed by atoms with Gasteiger partial charge in [0, 0.05) is 12.3 Å². The van der Waals surface area contributed by atoms with E-state index in [4.69, 9.17) is 4.74 Å². The maximum Gasteiger partial charge on any atom is 0.306 e. The number of aliphatic hydroxyl groups is 2. The highest BCUT2D eigenvalue weighted by molar-refractivity contribution is 5.69. The Labute approximate surface area is 157 Å². The van der Waals surface area contributed by atoms with E-state index < -0.39 is 12.2 Å². The van der Waals surface area contributed by atoms with Crippen LogP contribution in [-0.2, 0) is 9.53 Å². The molecule has 2 aliphatic rings. The van der Waals surface area contributed by atoms with Crippen molar-refractivity contribution in [1.82, 2.24) is 0 Å². The fourth-order valence-electron chi connectivity index (χ4n) is 3.57. The number of esters is 1. The van der Waals surface area contributed by atoms with E-state index in [1.807, 2.05) is 12.2 Å². The highest BCUT2D eigenvalue weighted by Gasteiger charge is 2.47. The zero-order valence-electron chi connectivity index (χ0n) is 15.9. The molecule has 2 rings (SSSR count). The number of aliphatic hydroxyl groups excluding tert-OH is 2. The molecule has 4 nitrogen and oxygen atoms in total. The molecule has 0 aromatic rings. The van der Waals surface area contributed by atoms with Crippen LogP contribution in [0.3, 0.4) is 0 Å². The SMILES string of the molecule is CCC=CCC=CCC(O)C=CC(O)C1CC1C1CCCCCC(=O)O1. The summed E-state index contributed by atoms with van der Waals surface area (Å²) >= 11 is 0. The molecular formula is C22H34O4. The minimum absolute atomic E-state index is 0.0418. The molecule has 0 bridgehead atoms. The molecule has 0 spiro atoms. The quantitative estimate of drug-likeness (QED) is 0.479. The fraction of sp³-hybridized carbons (Fsp3) is 0.682. The van der Waals surface area contributed by atoms with Crippen molar-refractivity contribution < 1.29 is 19.7 Å². The average Bonchev–Trinajstić information content (AvgIpc) is 3.39. The van der Waals surface area contributed by atoms with E-state index in [2.05, 4.69) is 19.1 Å². The summed E-state index contributed by atoms with van der Waals surface area (Å²) < 4.78 is 5.58. The lowest BCUT2D eigenvalue weighted by Gasteiger charge is -2.21. The number of cyclic esters (lactones) is 1. The molecule has 1 saturated carbocycles. The summed E-state index contributed by atoms with van der Waals surface area (Å²) in [4.78, 5) is 11.7. The first-order valence-electron chi connectivity index (χ1n) is 10.2. The zero-order chi connectivity index (χ0) is 18.8. The predicted molar refractivity (Wildman–Crippen MR) is 104 cm³/mol. The Bertz CT molecular complexity index is 508. The summed E-state index contributed by atoms with van der Waals surface area (Å²) in [6.45, 7) is 2.10. The summed E-state index contributed by atoms with van der Waals surface area (Å²) in [7, 11) is 0. The van der Waals surface area contributed by atoms with Gasteiger partial charge in [-0.15, -0.1) is 0 Å². The van der Waals surface area contributed by atoms with Crippen molar-refractivity contribution in [3.63, 3.8) is 0 Å². The third-order valence-corrected chi connectivity index (χ3v) is 5.21. The van der Waals surface area contributed by atoms with Gasteiger partial charge < -0.3 is 14.9 Å². The first kappa shape index (κ1) is 20.9. The van der Waals surface area contributed by atoms with Gasteiger partial charge in [0.2, 0.25) is 0 Å². The maximum atomic E-state index is 11.7. The second-order valence-corrected chi connectivity index (χ2v) is 7.46. The van der Waals surface area contributed by atoms with Crippen LogP contribution in [0.5, 0.6) is 0 Å². The Morgan fingerprint density at radius 1 is 1.12 bits per heavy atom. The molecule has 0 aromatic heterocycles. The van der Waals surface area contributed by atoms with Gasteiger partial charge in [-0.2, -0.15) is 0 Å². The Kier molecular flexibility index (Phi) is 9.13. The van der Waals surface area contributed by atoms with Crippen molar-refractivity contribution in [3.8, 4) is 0 Å². The Balaban J connectivity index is 1.70. The third-order valence-electron chi connectivity index (χ3n) is 5.21. The molecule has 146 valence electrons. The molecule has 1 saturated heterocycles. The minimum Gasteiger partial charge on any atom is -0.462 e. The second-order valence-electron chi connectivity index (χ2n) is 7.46. The summed E-state index contributed by atoms with van der Waals surface area (Å²) in [5, 5.41) is 20.3. The van der Waals surface area contributed by atoms with Crippen LogP contribution in [0, 0.1) is 11.8 Å². The summed E-state index contributed by atoms with van der Waals surface area (Å²) in [5.41, 5.74) is 0. The van der Waals surface area contributed by atoms with E-state index in [0.717, 1.165) is 44.9 Å². The van der Waals surface area contributed by atoms with Crippen LogP contribution in [0.1, 0.15) is 64.7 Å². The molecule has 0 radical (unpaired) electrons. The molecule has 1 aliphatic heterocycles. The third kappa shape index (κ3) is 7.46. The first-order chi connectivity index (χ1) is 12.6. The molecule has 2 N–H and O–H groups in total. The van der Waals surface area contributed by atoms with E-state index in [-0.39, 0.29) is 23.9 Å². The second kappa shape index (κ2) is 11.3. The molecule has 0 amide bonds.